The molecule has 3 amide bonds. The number of ether oxygens (including phenoxy) is 4. The van der Waals surface area contributed by atoms with Gasteiger partial charge in [0.15, 0.2) is 29.6 Å². The molecule has 38 heavy (non-hydrogen) atoms. The van der Waals surface area contributed by atoms with Gasteiger partial charge in [0.25, 0.3) is 5.91 Å². The summed E-state index contributed by atoms with van der Waals surface area (Å²) in [5, 5.41) is 18.9. The molecule has 0 saturated heterocycles. The fourth-order valence-electron chi connectivity index (χ4n) is 3.64. The van der Waals surface area contributed by atoms with Gasteiger partial charge < -0.3 is 34.7 Å². The normalized spacial score (nSPS) is 14.9. The van der Waals surface area contributed by atoms with Gasteiger partial charge in [-0.25, -0.2) is 15.0 Å². The zero-order valence-electron chi connectivity index (χ0n) is 21.5. The molecule has 0 saturated carbocycles. The fraction of sp³-hybridized carbons (Fsp3) is 0.308. The number of urea groups is 1. The summed E-state index contributed by atoms with van der Waals surface area (Å²) in [7, 11) is 1.43. The molecule has 12 heteroatoms. The number of methoxy groups -OCH3 is 1. The fourth-order valence-corrected chi connectivity index (χ4v) is 3.64. The zero-order chi connectivity index (χ0) is 27.7. The third kappa shape index (κ3) is 6.93. The number of amides is 3. The number of nitrogens with one attached hydrogen (secondary N) is 3. The first-order chi connectivity index (χ1) is 18.3. The highest BCUT2D eigenvalue weighted by Crippen LogP contribution is 2.34. The van der Waals surface area contributed by atoms with Crippen molar-refractivity contribution in [2.24, 2.45) is 5.10 Å². The number of aromatic hydroxyl groups is 1. The van der Waals surface area contributed by atoms with Crippen LogP contribution in [0.3, 0.4) is 0 Å². The van der Waals surface area contributed by atoms with Crippen molar-refractivity contribution in [3.05, 3.63) is 58.8 Å². The van der Waals surface area contributed by atoms with E-state index in [-0.39, 0.29) is 30.3 Å². The lowest BCUT2D eigenvalue weighted by atomic mass is 9.95. The minimum atomic E-state index is -0.772. The third-order valence-electron chi connectivity index (χ3n) is 5.33. The molecule has 2 aromatic carbocycles. The molecule has 0 bridgehead atoms. The summed E-state index contributed by atoms with van der Waals surface area (Å²) in [4.78, 5) is 36.8. The van der Waals surface area contributed by atoms with Crippen LogP contribution in [0.5, 0.6) is 23.0 Å². The Morgan fingerprint density at radius 2 is 1.87 bits per heavy atom. The topological polar surface area (TPSA) is 157 Å². The first kappa shape index (κ1) is 27.8. The number of esters is 1. The Morgan fingerprint density at radius 3 is 2.58 bits per heavy atom. The molecule has 1 heterocycles. The lowest BCUT2D eigenvalue weighted by Crippen LogP contribution is -2.45. The average Bonchev–Trinajstić information content (AvgIpc) is 2.89. The molecule has 0 fully saturated rings. The van der Waals surface area contributed by atoms with Crippen LogP contribution in [0, 0.1) is 0 Å². The molecule has 0 spiro atoms. The molecule has 0 aliphatic carbocycles. The summed E-state index contributed by atoms with van der Waals surface area (Å²) in [6.07, 6.45) is 1.40. The lowest BCUT2D eigenvalue weighted by molar-refractivity contribution is -0.139. The van der Waals surface area contributed by atoms with Crippen molar-refractivity contribution in [1.82, 2.24) is 16.1 Å². The zero-order valence-corrected chi connectivity index (χ0v) is 21.5. The van der Waals surface area contributed by atoms with Gasteiger partial charge in [-0.1, -0.05) is 6.07 Å². The Morgan fingerprint density at radius 1 is 1.08 bits per heavy atom. The van der Waals surface area contributed by atoms with Crippen LogP contribution in [0.15, 0.2) is 52.8 Å². The number of phenols is 1. The second-order valence-corrected chi connectivity index (χ2v) is 7.94. The maximum Gasteiger partial charge on any atom is 0.338 e. The molecule has 0 radical (unpaired) electrons. The predicted octanol–water partition coefficient (Wildman–Crippen LogP) is 2.52. The van der Waals surface area contributed by atoms with E-state index in [2.05, 4.69) is 21.2 Å². The number of hydrogen-bond acceptors (Lipinski definition) is 9. The smallest absolute Gasteiger partial charge is 0.338 e. The van der Waals surface area contributed by atoms with E-state index in [9.17, 15) is 19.5 Å². The molecule has 202 valence electrons. The molecule has 1 atom stereocenters. The van der Waals surface area contributed by atoms with E-state index in [0.717, 1.165) is 0 Å². The van der Waals surface area contributed by atoms with E-state index in [1.54, 1.807) is 51.1 Å². The van der Waals surface area contributed by atoms with Gasteiger partial charge in [-0.15, -0.1) is 0 Å². The summed E-state index contributed by atoms with van der Waals surface area (Å²) in [6, 6.07) is 8.27. The molecule has 12 nitrogen and oxygen atoms in total. The number of phenolic OH excluding ortho intramolecular Hbond substituents is 1. The van der Waals surface area contributed by atoms with Crippen molar-refractivity contribution in [2.75, 3.05) is 26.9 Å². The Kier molecular flexibility index (Phi) is 9.52. The minimum Gasteiger partial charge on any atom is -0.504 e. The Balaban J connectivity index is 1.67. The van der Waals surface area contributed by atoms with Crippen molar-refractivity contribution in [3.63, 3.8) is 0 Å². The molecule has 4 N–H and O–H groups in total. The van der Waals surface area contributed by atoms with E-state index in [1.165, 1.54) is 19.4 Å². The van der Waals surface area contributed by atoms with Gasteiger partial charge in [0, 0.05) is 5.70 Å². The molecular weight excluding hydrogens is 496 g/mol. The Bertz CT molecular complexity index is 1260. The summed E-state index contributed by atoms with van der Waals surface area (Å²) >= 11 is 0. The van der Waals surface area contributed by atoms with E-state index in [1.807, 2.05) is 0 Å². The molecular formula is C26H30N4O8. The summed E-state index contributed by atoms with van der Waals surface area (Å²) in [5.41, 5.74) is 4.18. The van der Waals surface area contributed by atoms with Crippen LogP contribution < -0.4 is 30.3 Å². The number of allylic oxidation sites excluding steroid dienone is 1. The number of nitrogens with zero attached hydrogens (tertiary/aromatic N) is 1. The van der Waals surface area contributed by atoms with E-state index < -0.39 is 23.9 Å². The molecule has 1 aliphatic rings. The number of benzene rings is 2. The molecule has 1 aliphatic heterocycles. The first-order valence-corrected chi connectivity index (χ1v) is 11.8. The lowest BCUT2D eigenvalue weighted by Gasteiger charge is -2.28. The number of carbonyl (C=O) groups is 3. The highest BCUT2D eigenvalue weighted by Gasteiger charge is 2.32. The van der Waals surface area contributed by atoms with Gasteiger partial charge in [0.1, 0.15) is 0 Å². The van der Waals surface area contributed by atoms with Crippen LogP contribution in [0.2, 0.25) is 0 Å². The van der Waals surface area contributed by atoms with Gasteiger partial charge in [0.05, 0.1) is 38.2 Å². The highest BCUT2D eigenvalue weighted by molar-refractivity contribution is 5.95. The molecule has 0 aromatic heterocycles. The number of hydrogen-bond donors (Lipinski definition) is 4. The maximum absolute atomic E-state index is 12.5. The van der Waals surface area contributed by atoms with Crippen LogP contribution in [0.4, 0.5) is 4.79 Å². The Hall–Kier alpha value is -4.74. The SMILES string of the molecule is CCOC(=O)C1=C(C)NC(=O)N[C@@H]1c1ccc(OCC(=O)N/N=C\c2ccc(O)c(OCC)c2)c(OC)c1. The van der Waals surface area contributed by atoms with Crippen molar-refractivity contribution in [1.29, 1.82) is 0 Å². The van der Waals surface area contributed by atoms with Gasteiger partial charge in [-0.3, -0.25) is 4.79 Å². The van der Waals surface area contributed by atoms with Crippen molar-refractivity contribution >= 4 is 24.1 Å². The third-order valence-corrected chi connectivity index (χ3v) is 5.33. The van der Waals surface area contributed by atoms with Crippen LogP contribution in [0.1, 0.15) is 37.9 Å². The first-order valence-electron chi connectivity index (χ1n) is 11.8. The van der Waals surface area contributed by atoms with Crippen LogP contribution in [0.25, 0.3) is 0 Å². The maximum atomic E-state index is 12.5. The summed E-state index contributed by atoms with van der Waals surface area (Å²) in [6.45, 7) is 5.33. The van der Waals surface area contributed by atoms with Crippen LogP contribution in [-0.2, 0) is 14.3 Å². The number of carbonyl (C=O) groups excluding carboxylic acids is 3. The van der Waals surface area contributed by atoms with E-state index in [0.29, 0.717) is 34.9 Å². The second-order valence-electron chi connectivity index (χ2n) is 7.94. The van der Waals surface area contributed by atoms with Gasteiger partial charge >= 0.3 is 12.0 Å². The number of rotatable bonds is 11. The van der Waals surface area contributed by atoms with E-state index in [4.69, 9.17) is 18.9 Å². The minimum absolute atomic E-state index is 0.00667. The largest absolute Gasteiger partial charge is 0.504 e. The van der Waals surface area contributed by atoms with Crippen molar-refractivity contribution in [3.8, 4) is 23.0 Å². The van der Waals surface area contributed by atoms with Crippen molar-refractivity contribution in [2.45, 2.75) is 26.8 Å². The van der Waals surface area contributed by atoms with Gasteiger partial charge in [-0.2, -0.15) is 5.10 Å². The number of hydrazone groups is 1. The van der Waals surface area contributed by atoms with Crippen LogP contribution in [-0.4, -0.2) is 56.2 Å². The Labute approximate surface area is 219 Å². The highest BCUT2D eigenvalue weighted by atomic mass is 16.5. The van der Waals surface area contributed by atoms with Crippen LogP contribution >= 0.6 is 0 Å². The van der Waals surface area contributed by atoms with Gasteiger partial charge in [-0.05, 0) is 62.2 Å². The average molecular weight is 527 g/mol. The standard InChI is InChI=1S/C26H30N4O8/c1-5-36-20-11-16(7-9-18(20)31)13-27-30-22(32)14-38-19-10-8-17(12-21(19)35-4)24-23(25(33)37-6-2)15(3)28-26(34)29-24/h7-13,24,31H,5-6,14H2,1-4H3,(H,30,32)(H2,28,29,34)/b27-13-/t24-/m1/s1. The monoisotopic (exact) mass is 526 g/mol. The molecule has 2 aromatic rings. The second kappa shape index (κ2) is 13.0. The van der Waals surface area contributed by atoms with Crippen molar-refractivity contribution < 1.29 is 38.4 Å². The van der Waals surface area contributed by atoms with Gasteiger partial charge in [0.2, 0.25) is 0 Å². The quantitative estimate of drug-likeness (QED) is 0.198. The predicted molar refractivity (Wildman–Crippen MR) is 137 cm³/mol. The summed E-state index contributed by atoms with van der Waals surface area (Å²) in [5.74, 6) is -0.197. The van der Waals surface area contributed by atoms with E-state index >= 15 is 0 Å². The summed E-state index contributed by atoms with van der Waals surface area (Å²) < 4.78 is 21.5. The molecule has 0 unspecified atom stereocenters. The molecule has 3 rings (SSSR count).